The summed E-state index contributed by atoms with van der Waals surface area (Å²) in [5.74, 6) is 0. The van der Waals surface area contributed by atoms with Gasteiger partial charge < -0.3 is 4.90 Å². The van der Waals surface area contributed by atoms with Crippen molar-refractivity contribution in [3.8, 4) is 44.8 Å². The number of anilines is 3. The van der Waals surface area contributed by atoms with Gasteiger partial charge in [-0.2, -0.15) is 0 Å². The van der Waals surface area contributed by atoms with Crippen molar-refractivity contribution in [3.63, 3.8) is 0 Å². The van der Waals surface area contributed by atoms with Crippen LogP contribution in [0, 0.1) is 0 Å². The number of hydrogen-bond donors (Lipinski definition) is 0. The first-order chi connectivity index (χ1) is 26.8. The Bertz CT molecular complexity index is 2790. The predicted octanol–water partition coefficient (Wildman–Crippen LogP) is 12.8. The summed E-state index contributed by atoms with van der Waals surface area (Å²) in [6.45, 7) is 0. The Labute approximate surface area is 314 Å². The van der Waals surface area contributed by atoms with Gasteiger partial charge in [0.05, 0.1) is 28.2 Å². The summed E-state index contributed by atoms with van der Waals surface area (Å²) in [5, 5.41) is 11.7. The third kappa shape index (κ3) is 4.42. The van der Waals surface area contributed by atoms with Crippen molar-refractivity contribution in [3.05, 3.63) is 222 Å². The Morgan fingerprint density at radius 2 is 0.870 bits per heavy atom. The Balaban J connectivity index is 0.971. The molecule has 0 N–H and O–H groups in total. The van der Waals surface area contributed by atoms with Crippen molar-refractivity contribution < 1.29 is 0 Å². The normalized spacial score (nSPS) is 13.3. The lowest BCUT2D eigenvalue weighted by Gasteiger charge is -2.45. The van der Waals surface area contributed by atoms with Crippen LogP contribution in [-0.4, -0.2) is 10.2 Å². The van der Waals surface area contributed by atoms with Crippen LogP contribution in [0.25, 0.3) is 55.5 Å². The van der Waals surface area contributed by atoms with Crippen molar-refractivity contribution >= 4 is 27.8 Å². The average Bonchev–Trinajstić information content (AvgIpc) is 3.54. The molecule has 1 aliphatic carbocycles. The number of benzene rings is 8. The van der Waals surface area contributed by atoms with Gasteiger partial charge in [0, 0.05) is 16.8 Å². The highest BCUT2D eigenvalue weighted by atomic mass is 15.2. The van der Waals surface area contributed by atoms with Crippen molar-refractivity contribution in [2.45, 2.75) is 5.41 Å². The van der Waals surface area contributed by atoms with Gasteiger partial charge in [-0.25, -0.2) is 0 Å². The smallest absolute Gasteiger partial charge is 0.0936 e. The van der Waals surface area contributed by atoms with E-state index < -0.39 is 5.41 Å². The molecule has 2 aliphatic rings. The van der Waals surface area contributed by atoms with Crippen LogP contribution in [0.1, 0.15) is 22.3 Å². The summed E-state index contributed by atoms with van der Waals surface area (Å²) in [4.78, 5) is 2.45. The largest absolute Gasteiger partial charge is 0.310 e. The Kier molecular flexibility index (Phi) is 6.77. The molecule has 0 fully saturated rings. The van der Waals surface area contributed by atoms with Gasteiger partial charge >= 0.3 is 0 Å². The van der Waals surface area contributed by atoms with Crippen LogP contribution in [0.3, 0.4) is 0 Å². The number of hydrogen-bond acceptors (Lipinski definition) is 3. The van der Waals surface area contributed by atoms with Gasteiger partial charge in [-0.1, -0.05) is 164 Å². The molecule has 9 aromatic rings. The lowest BCUT2D eigenvalue weighted by molar-refractivity contribution is 0.752. The standard InChI is InChI=1S/C51H33N3/c1-2-17-39-35(13-1)14-12-20-42(39)48-32-31-47(52-53-48)36-29-27-34(28-30-36)37-15-11-16-38(33-37)54-49-25-9-7-23-45(49)51(46-24-8-10-26-50(46)54)43-21-5-3-18-40(43)41-19-4-6-22-44(41)51/h1-33H. The maximum atomic E-state index is 4.65. The van der Waals surface area contributed by atoms with E-state index in [4.69, 9.17) is 0 Å². The van der Waals surface area contributed by atoms with Crippen LogP contribution in [0.15, 0.2) is 200 Å². The molecule has 0 amide bonds. The summed E-state index contributed by atoms with van der Waals surface area (Å²) in [6, 6.07) is 72.3. The van der Waals surface area contributed by atoms with Gasteiger partial charge in [0.2, 0.25) is 0 Å². The van der Waals surface area contributed by atoms with Gasteiger partial charge in [0.25, 0.3) is 0 Å². The lowest BCUT2D eigenvalue weighted by atomic mass is 9.64. The van der Waals surface area contributed by atoms with Crippen LogP contribution in [0.4, 0.5) is 17.1 Å². The summed E-state index contributed by atoms with van der Waals surface area (Å²) in [5.41, 5.74) is 17.1. The van der Waals surface area contributed by atoms with Crippen molar-refractivity contribution in [2.75, 3.05) is 4.90 Å². The number of rotatable bonds is 4. The molecule has 8 aromatic carbocycles. The molecule has 2 heterocycles. The Morgan fingerprint density at radius 1 is 0.352 bits per heavy atom. The molecule has 3 heteroatoms. The molecular formula is C51H33N3. The SMILES string of the molecule is c1cc(-c2ccc(-c3ccc(-c4cccc5ccccc45)nn3)cc2)cc(N2c3ccccc3C3(c4ccccc4-c4ccccc43)c3ccccc32)c1. The number of aromatic nitrogens is 2. The fraction of sp³-hybridized carbons (Fsp3) is 0.0196. The second-order valence-electron chi connectivity index (χ2n) is 14.2. The van der Waals surface area contributed by atoms with E-state index in [0.717, 1.165) is 39.3 Å². The highest BCUT2D eigenvalue weighted by Crippen LogP contribution is 2.63. The second kappa shape index (κ2) is 12.0. The first-order valence-corrected chi connectivity index (χ1v) is 18.5. The van der Waals surface area contributed by atoms with Crippen molar-refractivity contribution in [1.82, 2.24) is 10.2 Å². The average molecular weight is 688 g/mol. The first kappa shape index (κ1) is 30.5. The minimum atomic E-state index is -0.416. The molecule has 3 nitrogen and oxygen atoms in total. The number of nitrogens with zero attached hydrogens (tertiary/aromatic N) is 3. The number of fused-ring (bicyclic) bond motifs is 10. The van der Waals surface area contributed by atoms with Gasteiger partial charge in [-0.05, 0) is 91.7 Å². The van der Waals surface area contributed by atoms with Crippen molar-refractivity contribution in [1.29, 1.82) is 0 Å². The molecule has 0 saturated heterocycles. The molecule has 0 saturated carbocycles. The maximum Gasteiger partial charge on any atom is 0.0936 e. The minimum Gasteiger partial charge on any atom is -0.310 e. The Morgan fingerprint density at radius 3 is 1.56 bits per heavy atom. The molecule has 0 radical (unpaired) electrons. The van der Waals surface area contributed by atoms with Gasteiger partial charge in [0.15, 0.2) is 0 Å². The molecule has 0 atom stereocenters. The molecule has 11 rings (SSSR count). The van der Waals surface area contributed by atoms with E-state index in [1.165, 1.54) is 55.5 Å². The summed E-state index contributed by atoms with van der Waals surface area (Å²) >= 11 is 0. The first-order valence-electron chi connectivity index (χ1n) is 18.5. The van der Waals surface area contributed by atoms with Gasteiger partial charge in [-0.3, -0.25) is 0 Å². The molecule has 252 valence electrons. The summed E-state index contributed by atoms with van der Waals surface area (Å²) < 4.78 is 0. The number of para-hydroxylation sites is 2. The minimum absolute atomic E-state index is 0.416. The van der Waals surface area contributed by atoms with Crippen LogP contribution < -0.4 is 4.90 Å². The van der Waals surface area contributed by atoms with E-state index in [-0.39, 0.29) is 0 Å². The lowest BCUT2D eigenvalue weighted by Crippen LogP contribution is -2.36. The van der Waals surface area contributed by atoms with E-state index in [1.807, 2.05) is 0 Å². The molecule has 1 spiro atoms. The monoisotopic (exact) mass is 687 g/mol. The zero-order chi connectivity index (χ0) is 35.6. The molecule has 0 bridgehead atoms. The van der Waals surface area contributed by atoms with E-state index >= 15 is 0 Å². The van der Waals surface area contributed by atoms with E-state index in [1.54, 1.807) is 0 Å². The van der Waals surface area contributed by atoms with Crippen LogP contribution >= 0.6 is 0 Å². The van der Waals surface area contributed by atoms with Gasteiger partial charge in [-0.15, -0.1) is 10.2 Å². The third-order valence-electron chi connectivity index (χ3n) is 11.4. The Hall–Kier alpha value is -7.10. The van der Waals surface area contributed by atoms with E-state index in [0.29, 0.717) is 0 Å². The molecule has 54 heavy (non-hydrogen) atoms. The second-order valence-corrected chi connectivity index (χ2v) is 14.2. The maximum absolute atomic E-state index is 4.65. The van der Waals surface area contributed by atoms with Crippen molar-refractivity contribution in [2.24, 2.45) is 0 Å². The molecule has 1 aliphatic heterocycles. The third-order valence-corrected chi connectivity index (χ3v) is 11.4. The van der Waals surface area contributed by atoms with Crippen LogP contribution in [0.5, 0.6) is 0 Å². The van der Waals surface area contributed by atoms with Gasteiger partial charge in [0.1, 0.15) is 0 Å². The van der Waals surface area contributed by atoms with Crippen LogP contribution in [0.2, 0.25) is 0 Å². The zero-order valence-corrected chi connectivity index (χ0v) is 29.4. The highest BCUT2D eigenvalue weighted by molar-refractivity contribution is 5.97. The van der Waals surface area contributed by atoms with E-state index in [2.05, 4.69) is 215 Å². The summed E-state index contributed by atoms with van der Waals surface area (Å²) in [6.07, 6.45) is 0. The van der Waals surface area contributed by atoms with E-state index in [9.17, 15) is 0 Å². The molecular weight excluding hydrogens is 655 g/mol. The molecule has 0 unspecified atom stereocenters. The zero-order valence-electron chi connectivity index (χ0n) is 29.4. The predicted molar refractivity (Wildman–Crippen MR) is 221 cm³/mol. The van der Waals surface area contributed by atoms with Crippen LogP contribution in [-0.2, 0) is 5.41 Å². The highest BCUT2D eigenvalue weighted by Gasteiger charge is 2.51. The fourth-order valence-electron chi connectivity index (χ4n) is 9.08. The topological polar surface area (TPSA) is 29.0 Å². The fourth-order valence-corrected chi connectivity index (χ4v) is 9.08. The summed E-state index contributed by atoms with van der Waals surface area (Å²) in [7, 11) is 0. The quantitative estimate of drug-likeness (QED) is 0.184. The molecule has 1 aromatic heterocycles.